The smallest absolute Gasteiger partial charge is 0.303 e. The lowest BCUT2D eigenvalue weighted by atomic mass is 9.71. The van der Waals surface area contributed by atoms with Crippen molar-refractivity contribution in [2.24, 2.45) is 27.6 Å². The van der Waals surface area contributed by atoms with Gasteiger partial charge in [-0.25, -0.2) is 0 Å². The number of nitrogens with zero attached hydrogens (tertiary/aromatic N) is 2. The fourth-order valence-electron chi connectivity index (χ4n) is 7.99. The summed E-state index contributed by atoms with van der Waals surface area (Å²) in [6.45, 7) is 33.1. The lowest BCUT2D eigenvalue weighted by molar-refractivity contribution is -0.150. The van der Waals surface area contributed by atoms with Gasteiger partial charge >= 0.3 is 5.97 Å². The minimum atomic E-state index is -0.836. The number of ketones is 1. The van der Waals surface area contributed by atoms with Gasteiger partial charge in [-0.15, -0.1) is 0 Å². The predicted molar refractivity (Wildman–Crippen MR) is 202 cm³/mol. The maximum Gasteiger partial charge on any atom is 0.303 e. The van der Waals surface area contributed by atoms with Crippen LogP contribution in [-0.4, -0.2) is 88.6 Å². The van der Waals surface area contributed by atoms with Crippen LogP contribution >= 0.6 is 0 Å². The number of ether oxygens (including phenoxy) is 2. The number of amides is 2. The standard InChI is InChI=1S/C41H76N2O7/c1-30(2)26-32(44)27-37(6,7)29-39(10,11)35(48)43(23-25-50-41(14,15)20-24-49-40(12,13)19-16-33(45)46)31-17-21-42(22-18-31)34(47)38(8,9)28-36(3,4)5/h30-31H,16-29H2,1-15H3,(H,45,46). The molecule has 9 heteroatoms. The largest absolute Gasteiger partial charge is 0.481 e. The van der Waals surface area contributed by atoms with Gasteiger partial charge in [-0.05, 0) is 83.0 Å². The number of Topliss-reactive ketones (excluding diaryl/α,β-unsaturated/α-hetero) is 1. The molecule has 50 heavy (non-hydrogen) atoms. The van der Waals surface area contributed by atoms with Crippen LogP contribution in [0.4, 0.5) is 0 Å². The summed E-state index contributed by atoms with van der Waals surface area (Å²) in [7, 11) is 0. The zero-order chi connectivity index (χ0) is 38.9. The first kappa shape index (κ1) is 46.0. The minimum Gasteiger partial charge on any atom is -0.481 e. The molecule has 292 valence electrons. The molecule has 1 aliphatic heterocycles. The van der Waals surface area contributed by atoms with E-state index in [9.17, 15) is 19.2 Å². The van der Waals surface area contributed by atoms with Crippen molar-refractivity contribution in [3.05, 3.63) is 0 Å². The Kier molecular flexibility index (Phi) is 16.7. The Morgan fingerprint density at radius 2 is 1.28 bits per heavy atom. The van der Waals surface area contributed by atoms with E-state index in [1.165, 1.54) is 0 Å². The number of carboxylic acid groups (broad SMARTS) is 1. The zero-order valence-corrected chi connectivity index (χ0v) is 34.8. The number of likely N-dealkylation sites (tertiary alicyclic amines) is 1. The molecule has 0 radical (unpaired) electrons. The normalized spacial score (nSPS) is 15.8. The summed E-state index contributed by atoms with van der Waals surface area (Å²) in [5.74, 6) is -0.0571. The summed E-state index contributed by atoms with van der Waals surface area (Å²) in [5.41, 5.74) is -2.52. The molecule has 0 aromatic heterocycles. The van der Waals surface area contributed by atoms with Crippen LogP contribution in [0.5, 0.6) is 0 Å². The molecule has 9 nitrogen and oxygen atoms in total. The minimum absolute atomic E-state index is 0.0210. The molecule has 0 aromatic rings. The average Bonchev–Trinajstić information content (AvgIpc) is 2.90. The van der Waals surface area contributed by atoms with E-state index in [1.54, 1.807) is 0 Å². The van der Waals surface area contributed by atoms with E-state index in [4.69, 9.17) is 14.6 Å². The molecule has 1 rings (SSSR count). The van der Waals surface area contributed by atoms with E-state index < -0.39 is 28.0 Å². The molecule has 0 bridgehead atoms. The van der Waals surface area contributed by atoms with Crippen LogP contribution < -0.4 is 0 Å². The van der Waals surface area contributed by atoms with Crippen molar-refractivity contribution < 1.29 is 33.8 Å². The Bertz CT molecular complexity index is 1120. The van der Waals surface area contributed by atoms with Crippen molar-refractivity contribution in [2.75, 3.05) is 32.8 Å². The molecule has 0 saturated carbocycles. The van der Waals surface area contributed by atoms with Gasteiger partial charge < -0.3 is 24.4 Å². The highest BCUT2D eigenvalue weighted by molar-refractivity contribution is 5.84. The summed E-state index contributed by atoms with van der Waals surface area (Å²) < 4.78 is 12.4. The number of carboxylic acids is 1. The summed E-state index contributed by atoms with van der Waals surface area (Å²) in [4.78, 5) is 55.9. The van der Waals surface area contributed by atoms with E-state index in [0.717, 1.165) is 6.42 Å². The highest BCUT2D eigenvalue weighted by atomic mass is 16.5. The van der Waals surface area contributed by atoms with E-state index in [0.29, 0.717) is 83.7 Å². The summed E-state index contributed by atoms with van der Waals surface area (Å²) in [5, 5.41) is 9.05. The van der Waals surface area contributed by atoms with Gasteiger partial charge in [-0.3, -0.25) is 19.2 Å². The topological polar surface area (TPSA) is 113 Å². The molecule has 0 spiro atoms. The SMILES string of the molecule is CC(C)CC(=O)CC(C)(C)CC(C)(C)C(=O)N(CCOC(C)(C)CCOC(C)(C)CCC(=O)O)C1CCN(C(=O)C(C)(C)CC(C)(C)C)CC1. The molecule has 1 saturated heterocycles. The maximum absolute atomic E-state index is 14.5. The maximum atomic E-state index is 14.5. The van der Waals surface area contributed by atoms with Crippen molar-refractivity contribution in [3.8, 4) is 0 Å². The van der Waals surface area contributed by atoms with Crippen molar-refractivity contribution in [2.45, 2.75) is 179 Å². The summed E-state index contributed by atoms with van der Waals surface area (Å²) in [6, 6.07) is -0.0210. The van der Waals surface area contributed by atoms with Crippen molar-refractivity contribution >= 4 is 23.6 Å². The zero-order valence-electron chi connectivity index (χ0n) is 34.8. The molecule has 1 fully saturated rings. The van der Waals surface area contributed by atoms with Crippen molar-refractivity contribution in [1.82, 2.24) is 9.80 Å². The van der Waals surface area contributed by atoms with Gasteiger partial charge in [0.2, 0.25) is 11.8 Å². The third-order valence-electron chi connectivity index (χ3n) is 9.78. The summed E-state index contributed by atoms with van der Waals surface area (Å²) in [6.07, 6.45) is 4.88. The number of hydrogen-bond acceptors (Lipinski definition) is 6. The lowest BCUT2D eigenvalue weighted by Crippen LogP contribution is -2.55. The quantitative estimate of drug-likeness (QED) is 0.127. The van der Waals surface area contributed by atoms with E-state index >= 15 is 0 Å². The third kappa shape index (κ3) is 17.0. The molecule has 0 unspecified atom stereocenters. The molecule has 1 heterocycles. The van der Waals surface area contributed by atoms with Crippen LogP contribution in [0.3, 0.4) is 0 Å². The van der Waals surface area contributed by atoms with Gasteiger partial charge in [-0.2, -0.15) is 0 Å². The Hall–Kier alpha value is -2.00. The van der Waals surface area contributed by atoms with Crippen molar-refractivity contribution in [3.63, 3.8) is 0 Å². The molecule has 1 N–H and O–H groups in total. The predicted octanol–water partition coefficient (Wildman–Crippen LogP) is 8.56. The van der Waals surface area contributed by atoms with E-state index in [-0.39, 0.29) is 40.9 Å². The number of piperidine rings is 1. The van der Waals surface area contributed by atoms with Crippen LogP contribution in [0.1, 0.15) is 162 Å². The fourth-order valence-corrected chi connectivity index (χ4v) is 7.99. The van der Waals surface area contributed by atoms with Crippen LogP contribution in [0.15, 0.2) is 0 Å². The molecular formula is C41H76N2O7. The van der Waals surface area contributed by atoms with E-state index in [2.05, 4.69) is 48.5 Å². The van der Waals surface area contributed by atoms with Gasteiger partial charge in [0.25, 0.3) is 0 Å². The highest BCUT2D eigenvalue weighted by Gasteiger charge is 2.42. The Labute approximate surface area is 306 Å². The number of aliphatic carboxylic acids is 1. The monoisotopic (exact) mass is 709 g/mol. The molecule has 2 amide bonds. The Morgan fingerprint density at radius 1 is 0.760 bits per heavy atom. The van der Waals surface area contributed by atoms with Crippen LogP contribution in [-0.2, 0) is 28.7 Å². The van der Waals surface area contributed by atoms with Gasteiger partial charge in [0, 0.05) is 55.8 Å². The fraction of sp³-hybridized carbons (Fsp3) is 0.902. The number of hydrogen-bond donors (Lipinski definition) is 1. The van der Waals surface area contributed by atoms with Crippen LogP contribution in [0.2, 0.25) is 0 Å². The highest BCUT2D eigenvalue weighted by Crippen LogP contribution is 2.40. The number of rotatable bonds is 21. The summed E-state index contributed by atoms with van der Waals surface area (Å²) >= 11 is 0. The van der Waals surface area contributed by atoms with E-state index in [1.807, 2.05) is 65.2 Å². The van der Waals surface area contributed by atoms with Crippen LogP contribution in [0, 0.1) is 27.6 Å². The Balaban J connectivity index is 3.09. The number of carbonyl (C=O) groups excluding carboxylic acids is 3. The first-order valence-corrected chi connectivity index (χ1v) is 19.1. The van der Waals surface area contributed by atoms with Crippen molar-refractivity contribution in [1.29, 1.82) is 0 Å². The number of carbonyl (C=O) groups is 4. The van der Waals surface area contributed by atoms with Gasteiger partial charge in [-0.1, -0.05) is 76.2 Å². The lowest BCUT2D eigenvalue weighted by Gasteiger charge is -2.45. The average molecular weight is 709 g/mol. The first-order chi connectivity index (χ1) is 22.5. The molecule has 1 aliphatic rings. The molecule has 0 atom stereocenters. The second kappa shape index (κ2) is 18.2. The molecular weight excluding hydrogens is 632 g/mol. The van der Waals surface area contributed by atoms with Crippen LogP contribution in [0.25, 0.3) is 0 Å². The second-order valence-electron chi connectivity index (χ2n) is 20.0. The van der Waals surface area contributed by atoms with Gasteiger partial charge in [0.1, 0.15) is 5.78 Å². The third-order valence-corrected chi connectivity index (χ3v) is 9.78. The molecule has 0 aliphatic carbocycles. The second-order valence-corrected chi connectivity index (χ2v) is 20.0. The molecule has 0 aromatic carbocycles. The van der Waals surface area contributed by atoms with Gasteiger partial charge in [0.15, 0.2) is 0 Å². The first-order valence-electron chi connectivity index (χ1n) is 19.1. The van der Waals surface area contributed by atoms with Gasteiger partial charge in [0.05, 0.1) is 24.4 Å². The Morgan fingerprint density at radius 3 is 1.78 bits per heavy atom.